The summed E-state index contributed by atoms with van der Waals surface area (Å²) in [6.07, 6.45) is 1.28. The molecule has 0 aliphatic carbocycles. The van der Waals surface area contributed by atoms with Crippen molar-refractivity contribution < 1.29 is 19.2 Å². The maximum atomic E-state index is 10.8. The summed E-state index contributed by atoms with van der Waals surface area (Å²) in [6.45, 7) is 0. The van der Waals surface area contributed by atoms with Crippen LogP contribution in [0.2, 0.25) is 0 Å². The fraction of sp³-hybridized carbons (Fsp3) is 0. The highest BCUT2D eigenvalue weighted by atomic mass is 16.6. The van der Waals surface area contributed by atoms with E-state index in [-0.39, 0.29) is 10.9 Å². The van der Waals surface area contributed by atoms with Crippen LogP contribution in [0, 0.1) is 10.1 Å². The van der Waals surface area contributed by atoms with E-state index in [4.69, 9.17) is 9.52 Å². The zero-order chi connectivity index (χ0) is 11.0. The molecular formula is C9H5NO5. The smallest absolute Gasteiger partial charge is 0.342 e. The van der Waals surface area contributed by atoms with E-state index in [0.29, 0.717) is 5.58 Å². The van der Waals surface area contributed by atoms with Crippen LogP contribution in [0.25, 0.3) is 11.0 Å². The van der Waals surface area contributed by atoms with Gasteiger partial charge in [-0.3, -0.25) is 10.1 Å². The third-order valence-corrected chi connectivity index (χ3v) is 2.02. The van der Waals surface area contributed by atoms with Gasteiger partial charge in [-0.1, -0.05) is 0 Å². The Balaban J connectivity index is 2.87. The molecule has 0 aliphatic heterocycles. The van der Waals surface area contributed by atoms with Gasteiger partial charge >= 0.3 is 5.97 Å². The average Bonchev–Trinajstić information content (AvgIpc) is 2.62. The Hall–Kier alpha value is -2.37. The molecule has 0 bridgehead atoms. The number of nitro benzene ring substituents is 1. The predicted octanol–water partition coefficient (Wildman–Crippen LogP) is 2.04. The van der Waals surface area contributed by atoms with Gasteiger partial charge < -0.3 is 9.52 Å². The summed E-state index contributed by atoms with van der Waals surface area (Å²) in [4.78, 5) is 20.8. The first kappa shape index (κ1) is 9.20. The zero-order valence-electron chi connectivity index (χ0n) is 7.34. The summed E-state index contributed by atoms with van der Waals surface area (Å²) in [7, 11) is 0. The van der Waals surface area contributed by atoms with Gasteiger partial charge in [-0.05, 0) is 18.2 Å². The van der Waals surface area contributed by atoms with Crippen molar-refractivity contribution in [2.75, 3.05) is 0 Å². The van der Waals surface area contributed by atoms with Gasteiger partial charge in [0.1, 0.15) is 11.1 Å². The molecule has 6 nitrogen and oxygen atoms in total. The lowest BCUT2D eigenvalue weighted by atomic mass is 10.1. The number of furan rings is 1. The van der Waals surface area contributed by atoms with Crippen LogP contribution >= 0.6 is 0 Å². The van der Waals surface area contributed by atoms with Crippen molar-refractivity contribution >= 4 is 22.6 Å². The van der Waals surface area contributed by atoms with E-state index in [1.165, 1.54) is 18.4 Å². The van der Waals surface area contributed by atoms with Gasteiger partial charge in [0.25, 0.3) is 5.69 Å². The van der Waals surface area contributed by atoms with Crippen LogP contribution in [0.3, 0.4) is 0 Å². The first-order valence-electron chi connectivity index (χ1n) is 3.99. The summed E-state index contributed by atoms with van der Waals surface area (Å²) in [5.74, 6) is -1.33. The number of rotatable bonds is 2. The van der Waals surface area contributed by atoms with Crippen LogP contribution in [0.5, 0.6) is 0 Å². The molecule has 6 heteroatoms. The van der Waals surface area contributed by atoms with Crippen molar-refractivity contribution in [1.82, 2.24) is 0 Å². The van der Waals surface area contributed by atoms with Crippen molar-refractivity contribution in [3.05, 3.63) is 40.1 Å². The van der Waals surface area contributed by atoms with Crippen LogP contribution < -0.4 is 0 Å². The minimum absolute atomic E-state index is 0.194. The zero-order valence-corrected chi connectivity index (χ0v) is 7.34. The van der Waals surface area contributed by atoms with Gasteiger partial charge in [0.05, 0.1) is 16.6 Å². The van der Waals surface area contributed by atoms with Crippen LogP contribution in [-0.4, -0.2) is 16.0 Å². The minimum atomic E-state index is -1.33. The predicted molar refractivity (Wildman–Crippen MR) is 49.8 cm³/mol. The molecule has 0 aliphatic rings. The largest absolute Gasteiger partial charge is 0.477 e. The molecule has 76 valence electrons. The van der Waals surface area contributed by atoms with Gasteiger partial charge in [-0.15, -0.1) is 0 Å². The Morgan fingerprint density at radius 1 is 1.40 bits per heavy atom. The number of hydrogen-bond donors (Lipinski definition) is 1. The molecule has 0 radical (unpaired) electrons. The van der Waals surface area contributed by atoms with Crippen LogP contribution in [0.15, 0.2) is 28.9 Å². The molecule has 0 unspecified atom stereocenters. The lowest BCUT2D eigenvalue weighted by Gasteiger charge is -1.97. The number of aromatic carboxylic acids is 1. The molecule has 0 saturated heterocycles. The van der Waals surface area contributed by atoms with Crippen molar-refractivity contribution in [1.29, 1.82) is 0 Å². The second kappa shape index (κ2) is 3.09. The number of carboxylic acids is 1. The number of carbonyl (C=O) groups is 1. The Morgan fingerprint density at radius 2 is 2.13 bits per heavy atom. The van der Waals surface area contributed by atoms with Crippen LogP contribution in [0.4, 0.5) is 5.69 Å². The monoisotopic (exact) mass is 207 g/mol. The molecule has 2 aromatic rings. The van der Waals surface area contributed by atoms with E-state index in [0.717, 1.165) is 6.07 Å². The number of nitro groups is 1. The molecule has 0 fully saturated rings. The fourth-order valence-electron chi connectivity index (χ4n) is 1.40. The minimum Gasteiger partial charge on any atom is -0.477 e. The third kappa shape index (κ3) is 1.32. The SMILES string of the molecule is O=C(O)c1ccc2occc2c1[N+](=O)[O-]. The molecule has 0 atom stereocenters. The van der Waals surface area contributed by atoms with Gasteiger partial charge in [0, 0.05) is 0 Å². The molecule has 1 heterocycles. The number of nitrogens with zero attached hydrogens (tertiary/aromatic N) is 1. The van der Waals surface area contributed by atoms with E-state index in [1.807, 2.05) is 0 Å². The van der Waals surface area contributed by atoms with E-state index in [1.54, 1.807) is 0 Å². The van der Waals surface area contributed by atoms with Crippen LogP contribution in [-0.2, 0) is 0 Å². The molecule has 0 saturated carbocycles. The highest BCUT2D eigenvalue weighted by Crippen LogP contribution is 2.30. The van der Waals surface area contributed by atoms with Crippen molar-refractivity contribution in [2.45, 2.75) is 0 Å². The first-order valence-corrected chi connectivity index (χ1v) is 3.99. The Kier molecular flexibility index (Phi) is 1.89. The van der Waals surface area contributed by atoms with E-state index < -0.39 is 16.6 Å². The second-order valence-electron chi connectivity index (χ2n) is 2.86. The first-order chi connectivity index (χ1) is 7.11. The van der Waals surface area contributed by atoms with Crippen molar-refractivity contribution in [3.63, 3.8) is 0 Å². The summed E-state index contributed by atoms with van der Waals surface area (Å²) in [5.41, 5.74) is -0.477. The molecule has 15 heavy (non-hydrogen) atoms. The number of benzene rings is 1. The van der Waals surface area contributed by atoms with Gasteiger partial charge in [0.2, 0.25) is 0 Å². The lowest BCUT2D eigenvalue weighted by Crippen LogP contribution is -2.02. The topological polar surface area (TPSA) is 93.6 Å². The maximum Gasteiger partial charge on any atom is 0.342 e. The van der Waals surface area contributed by atoms with E-state index in [2.05, 4.69) is 0 Å². The Labute approximate surface area is 82.9 Å². The quantitative estimate of drug-likeness (QED) is 0.600. The number of hydrogen-bond acceptors (Lipinski definition) is 4. The van der Waals surface area contributed by atoms with Crippen molar-refractivity contribution in [3.8, 4) is 0 Å². The number of carboxylic acid groups (broad SMARTS) is 1. The second-order valence-corrected chi connectivity index (χ2v) is 2.86. The molecule has 1 N–H and O–H groups in total. The Morgan fingerprint density at radius 3 is 2.73 bits per heavy atom. The summed E-state index contributed by atoms with van der Waals surface area (Å²) in [5, 5.41) is 19.7. The lowest BCUT2D eigenvalue weighted by molar-refractivity contribution is -0.383. The molecule has 2 rings (SSSR count). The van der Waals surface area contributed by atoms with Gasteiger partial charge in [-0.25, -0.2) is 4.79 Å². The average molecular weight is 207 g/mol. The fourth-order valence-corrected chi connectivity index (χ4v) is 1.40. The molecule has 1 aromatic heterocycles. The van der Waals surface area contributed by atoms with Crippen molar-refractivity contribution in [2.24, 2.45) is 0 Å². The number of fused-ring (bicyclic) bond motifs is 1. The van der Waals surface area contributed by atoms with Gasteiger partial charge in [-0.2, -0.15) is 0 Å². The van der Waals surface area contributed by atoms with E-state index >= 15 is 0 Å². The van der Waals surface area contributed by atoms with Gasteiger partial charge in [0.15, 0.2) is 0 Å². The highest BCUT2D eigenvalue weighted by Gasteiger charge is 2.24. The molecule has 0 amide bonds. The standard InChI is InChI=1S/C9H5NO5/c11-9(12)6-1-2-7-5(3-4-15-7)8(6)10(13)14/h1-4H,(H,11,12). The van der Waals surface area contributed by atoms with Crippen LogP contribution in [0.1, 0.15) is 10.4 Å². The summed E-state index contributed by atoms with van der Waals surface area (Å²) in [6, 6.07) is 3.93. The molecular weight excluding hydrogens is 202 g/mol. The molecule has 1 aromatic carbocycles. The highest BCUT2D eigenvalue weighted by molar-refractivity contribution is 6.01. The Bertz CT molecular complexity index is 557. The molecule has 0 spiro atoms. The summed E-state index contributed by atoms with van der Waals surface area (Å²) < 4.78 is 4.95. The normalized spacial score (nSPS) is 10.4. The maximum absolute atomic E-state index is 10.8. The van der Waals surface area contributed by atoms with E-state index in [9.17, 15) is 14.9 Å². The third-order valence-electron chi connectivity index (χ3n) is 2.02. The summed E-state index contributed by atoms with van der Waals surface area (Å²) >= 11 is 0.